The molecule has 0 aliphatic carbocycles. The first-order chi connectivity index (χ1) is 28.0. The minimum Gasteiger partial charge on any atom is -0.461 e. The molecule has 0 bridgehead atoms. The molecule has 1 fully saturated rings. The molecule has 1 aliphatic heterocycles. The molecule has 0 spiro atoms. The van der Waals surface area contributed by atoms with Gasteiger partial charge in [-0.05, 0) is 43.3 Å². The van der Waals surface area contributed by atoms with Crippen LogP contribution in [0.1, 0.15) is 27.9 Å². The summed E-state index contributed by atoms with van der Waals surface area (Å²) >= 11 is 6.33. The number of imidazole rings is 3. The smallest absolute Gasteiger partial charge is 0.358 e. The zero-order valence-electron chi connectivity index (χ0n) is 31.1. The van der Waals surface area contributed by atoms with Gasteiger partial charge >= 0.3 is 5.97 Å². The van der Waals surface area contributed by atoms with Crippen molar-refractivity contribution in [3.05, 3.63) is 114 Å². The number of rotatable bonds is 6. The number of morpholine rings is 1. The second-order valence-corrected chi connectivity index (χ2v) is 13.5. The van der Waals surface area contributed by atoms with Crippen LogP contribution in [0.15, 0.2) is 85.5 Å². The summed E-state index contributed by atoms with van der Waals surface area (Å²) in [7, 11) is 1.92. The maximum atomic E-state index is 14.2. The van der Waals surface area contributed by atoms with Gasteiger partial charge in [-0.2, -0.15) is 0 Å². The van der Waals surface area contributed by atoms with Crippen LogP contribution in [0.25, 0.3) is 56.1 Å². The summed E-state index contributed by atoms with van der Waals surface area (Å²) in [5, 5.41) is 0.169. The van der Waals surface area contributed by atoms with Gasteiger partial charge in [0, 0.05) is 49.2 Å². The van der Waals surface area contributed by atoms with Gasteiger partial charge in [0.2, 0.25) is 0 Å². The number of carbonyl (C=O) groups is 2. The Kier molecular flexibility index (Phi) is 10.1. The van der Waals surface area contributed by atoms with E-state index in [-0.39, 0.29) is 52.2 Å². The van der Waals surface area contributed by atoms with Crippen LogP contribution < -0.4 is 11.5 Å². The van der Waals surface area contributed by atoms with E-state index >= 15 is 0 Å². The van der Waals surface area contributed by atoms with Gasteiger partial charge in [-0.3, -0.25) is 13.6 Å². The summed E-state index contributed by atoms with van der Waals surface area (Å²) in [6, 6.07) is 17.8. The van der Waals surface area contributed by atoms with Gasteiger partial charge in [-0.25, -0.2) is 38.5 Å². The SMILES string of the molecule is CCOC(=O)c1cn2c(Cl)c(-c3cccc(F)c3)nc(N)c2n1.Cn1cnc2ccc(-c3c(-c4cccc(F)c4)nc(N)c4nc(C(=O)N5CCOCC5)cn34)cc21. The fraction of sp³-hybridized carbons (Fsp3) is 0.175. The van der Waals surface area contributed by atoms with Gasteiger partial charge in [-0.15, -0.1) is 0 Å². The summed E-state index contributed by atoms with van der Waals surface area (Å²) in [5.41, 5.74) is 18.2. The standard InChI is InChI=1S/C25H22FN7O2.C15H12ClFN4O2/c1-31-14-28-18-6-5-16(12-20(18)31)22-21(15-3-2-4-17(26)11-15)30-23(27)24-29-19(13-33(22)24)25(34)32-7-9-35-10-8-32;1-2-23-15(22)10-7-21-12(16)11(20-13(18)14(21)19-10)8-4-3-5-9(17)6-8/h2-6,11-14H,7-10H2,1H3,(H2,27,30);3-7H,2H2,1H3,(H2,18,20). The third-order valence-electron chi connectivity index (χ3n) is 9.40. The topological polar surface area (TPSA) is 186 Å². The Hall–Kier alpha value is -6.98. The van der Waals surface area contributed by atoms with Crippen LogP contribution in [-0.2, 0) is 16.5 Å². The molecule has 3 aromatic carbocycles. The van der Waals surface area contributed by atoms with E-state index in [1.165, 1.54) is 34.9 Å². The first-order valence-electron chi connectivity index (χ1n) is 18.0. The predicted octanol–water partition coefficient (Wildman–Crippen LogP) is 6.09. The lowest BCUT2D eigenvalue weighted by Gasteiger charge is -2.25. The predicted molar refractivity (Wildman–Crippen MR) is 213 cm³/mol. The number of fused-ring (bicyclic) bond motifs is 3. The highest BCUT2D eigenvalue weighted by Gasteiger charge is 2.25. The largest absolute Gasteiger partial charge is 0.461 e. The van der Waals surface area contributed by atoms with E-state index in [0.717, 1.165) is 16.6 Å². The molecule has 18 heteroatoms. The van der Waals surface area contributed by atoms with E-state index in [2.05, 4.69) is 24.9 Å². The molecule has 1 amide bonds. The highest BCUT2D eigenvalue weighted by Crippen LogP contribution is 2.35. The van der Waals surface area contributed by atoms with Gasteiger partial charge in [0.1, 0.15) is 28.2 Å². The van der Waals surface area contributed by atoms with Gasteiger partial charge in [0.15, 0.2) is 28.6 Å². The van der Waals surface area contributed by atoms with E-state index in [0.29, 0.717) is 60.2 Å². The number of aryl methyl sites for hydroxylation is 1. The number of anilines is 2. The number of nitrogens with two attached hydrogens (primary N) is 2. The van der Waals surface area contributed by atoms with Crippen molar-refractivity contribution in [1.82, 2.24) is 43.2 Å². The van der Waals surface area contributed by atoms with Crippen molar-refractivity contribution in [2.45, 2.75) is 6.92 Å². The van der Waals surface area contributed by atoms with Crippen molar-refractivity contribution in [2.75, 3.05) is 44.4 Å². The summed E-state index contributed by atoms with van der Waals surface area (Å²) in [6.07, 6.45) is 4.84. The van der Waals surface area contributed by atoms with Crippen LogP contribution in [0.2, 0.25) is 5.15 Å². The van der Waals surface area contributed by atoms with Crippen molar-refractivity contribution < 1.29 is 27.8 Å². The van der Waals surface area contributed by atoms with Crippen molar-refractivity contribution in [3.63, 3.8) is 0 Å². The highest BCUT2D eigenvalue weighted by atomic mass is 35.5. The molecule has 0 saturated carbocycles. The molecule has 1 saturated heterocycles. The Morgan fingerprint density at radius 3 is 2.10 bits per heavy atom. The molecule has 9 rings (SSSR count). The van der Waals surface area contributed by atoms with Crippen LogP contribution in [0.4, 0.5) is 20.4 Å². The van der Waals surface area contributed by atoms with Gasteiger partial charge in [0.05, 0.1) is 48.6 Å². The molecule has 58 heavy (non-hydrogen) atoms. The molecule has 4 N–H and O–H groups in total. The fourth-order valence-corrected chi connectivity index (χ4v) is 6.93. The van der Waals surface area contributed by atoms with E-state index in [1.54, 1.807) is 53.0 Å². The van der Waals surface area contributed by atoms with Crippen molar-refractivity contribution in [3.8, 4) is 33.8 Å². The molecule has 15 nitrogen and oxygen atoms in total. The minimum atomic E-state index is -0.584. The quantitative estimate of drug-likeness (QED) is 0.185. The lowest BCUT2D eigenvalue weighted by atomic mass is 10.0. The van der Waals surface area contributed by atoms with Crippen molar-refractivity contribution in [2.24, 2.45) is 7.05 Å². The molecule has 0 radical (unpaired) electrons. The number of esters is 1. The molecular formula is C40H34ClF2N11O4. The normalized spacial score (nSPS) is 12.9. The van der Waals surface area contributed by atoms with Crippen LogP contribution >= 0.6 is 11.6 Å². The molecule has 0 atom stereocenters. The Bertz CT molecular complexity index is 2890. The van der Waals surface area contributed by atoms with E-state index in [9.17, 15) is 18.4 Å². The molecule has 6 heterocycles. The number of amides is 1. The van der Waals surface area contributed by atoms with E-state index in [4.69, 9.17) is 32.5 Å². The molecule has 5 aromatic heterocycles. The zero-order valence-corrected chi connectivity index (χ0v) is 31.8. The average Bonchev–Trinajstić information content (AvgIpc) is 3.98. The van der Waals surface area contributed by atoms with Crippen LogP contribution in [-0.4, -0.2) is 88.0 Å². The van der Waals surface area contributed by atoms with Crippen LogP contribution in [0, 0.1) is 11.6 Å². The monoisotopic (exact) mass is 805 g/mol. The number of ether oxygens (including phenoxy) is 2. The van der Waals surface area contributed by atoms with E-state index in [1.807, 2.05) is 29.8 Å². The number of hydrogen-bond acceptors (Lipinski definition) is 11. The first-order valence-corrected chi connectivity index (χ1v) is 18.4. The van der Waals surface area contributed by atoms with Gasteiger partial charge in [-0.1, -0.05) is 41.9 Å². The lowest BCUT2D eigenvalue weighted by Crippen LogP contribution is -2.40. The third kappa shape index (κ3) is 7.12. The summed E-state index contributed by atoms with van der Waals surface area (Å²) in [6.45, 7) is 3.89. The van der Waals surface area contributed by atoms with Crippen molar-refractivity contribution >= 4 is 57.4 Å². The lowest BCUT2D eigenvalue weighted by molar-refractivity contribution is 0.0299. The summed E-state index contributed by atoms with van der Waals surface area (Å²) in [5.74, 6) is -1.36. The first kappa shape index (κ1) is 37.9. The van der Waals surface area contributed by atoms with E-state index < -0.39 is 11.8 Å². The maximum absolute atomic E-state index is 14.2. The molecule has 8 aromatic rings. The Morgan fingerprint density at radius 2 is 1.43 bits per heavy atom. The Morgan fingerprint density at radius 1 is 0.810 bits per heavy atom. The Labute approximate surface area is 333 Å². The number of hydrogen-bond donors (Lipinski definition) is 2. The van der Waals surface area contributed by atoms with Gasteiger partial charge in [0.25, 0.3) is 5.91 Å². The molecule has 0 unspecified atom stereocenters. The second-order valence-electron chi connectivity index (χ2n) is 13.2. The average molecular weight is 806 g/mol. The Balaban J connectivity index is 0.000000177. The number of benzene rings is 3. The molecule has 1 aliphatic rings. The third-order valence-corrected chi connectivity index (χ3v) is 9.76. The second kappa shape index (κ2) is 15.5. The number of aromatic nitrogens is 8. The number of nitrogen functional groups attached to an aromatic ring is 2. The van der Waals surface area contributed by atoms with Crippen molar-refractivity contribution in [1.29, 1.82) is 0 Å². The number of carbonyl (C=O) groups excluding carboxylic acids is 2. The summed E-state index contributed by atoms with van der Waals surface area (Å²) < 4.78 is 43.0. The van der Waals surface area contributed by atoms with Gasteiger partial charge < -0.3 is 30.4 Å². The molecular weight excluding hydrogens is 772 g/mol. The maximum Gasteiger partial charge on any atom is 0.358 e. The highest BCUT2D eigenvalue weighted by molar-refractivity contribution is 6.32. The zero-order chi connectivity index (χ0) is 40.7. The minimum absolute atomic E-state index is 0.0682. The van der Waals surface area contributed by atoms with Crippen LogP contribution in [0.3, 0.4) is 0 Å². The van der Waals surface area contributed by atoms with Crippen LogP contribution in [0.5, 0.6) is 0 Å². The number of halogens is 3. The number of nitrogens with zero attached hydrogens (tertiary/aromatic N) is 9. The fourth-order valence-electron chi connectivity index (χ4n) is 6.65. The molecule has 294 valence electrons. The summed E-state index contributed by atoms with van der Waals surface area (Å²) in [4.78, 5) is 48.5.